The quantitative estimate of drug-likeness (QED) is 0.880. The van der Waals surface area contributed by atoms with Gasteiger partial charge in [0.15, 0.2) is 5.65 Å². The number of hydrogen-bond donors (Lipinski definition) is 2. The van der Waals surface area contributed by atoms with Gasteiger partial charge in [0.1, 0.15) is 5.82 Å². The molecule has 0 spiro atoms. The molecular weight excluding hydrogens is 252 g/mol. The Bertz CT molecular complexity index is 571. The number of ether oxygens (including phenoxy) is 1. The first-order chi connectivity index (χ1) is 9.37. The highest BCUT2D eigenvalue weighted by atomic mass is 16.5. The van der Waals surface area contributed by atoms with Gasteiger partial charge >= 0.3 is 0 Å². The second-order valence-electron chi connectivity index (χ2n) is 6.37. The van der Waals surface area contributed by atoms with Crippen LogP contribution < -0.4 is 10.5 Å². The first-order valence-corrected chi connectivity index (χ1v) is 7.11. The highest BCUT2D eigenvalue weighted by Crippen LogP contribution is 2.22. The summed E-state index contributed by atoms with van der Waals surface area (Å²) >= 11 is 0. The van der Waals surface area contributed by atoms with Crippen LogP contribution in [0.1, 0.15) is 39.9 Å². The van der Waals surface area contributed by atoms with Crippen molar-refractivity contribution in [2.75, 3.05) is 6.61 Å². The molecule has 0 saturated carbocycles. The molecule has 110 valence electrons. The average molecular weight is 276 g/mol. The minimum Gasteiger partial charge on any atom is -0.478 e. The fourth-order valence-electron chi connectivity index (χ4n) is 2.36. The third kappa shape index (κ3) is 3.93. The summed E-state index contributed by atoms with van der Waals surface area (Å²) in [5, 5.41) is 0. The summed E-state index contributed by atoms with van der Waals surface area (Å²) in [6.07, 6.45) is 1.69. The molecule has 0 fully saturated rings. The van der Waals surface area contributed by atoms with Crippen molar-refractivity contribution in [3.05, 3.63) is 18.0 Å². The molecule has 2 heterocycles. The van der Waals surface area contributed by atoms with Crippen molar-refractivity contribution in [3.8, 4) is 5.88 Å². The van der Waals surface area contributed by atoms with Crippen LogP contribution >= 0.6 is 0 Å². The van der Waals surface area contributed by atoms with E-state index in [-0.39, 0.29) is 11.5 Å². The van der Waals surface area contributed by atoms with E-state index < -0.39 is 0 Å². The third-order valence-corrected chi connectivity index (χ3v) is 2.99. The molecule has 0 bridgehead atoms. The summed E-state index contributed by atoms with van der Waals surface area (Å²) in [4.78, 5) is 12.1. The van der Waals surface area contributed by atoms with Gasteiger partial charge in [0.25, 0.3) is 0 Å². The molecule has 0 aliphatic heterocycles. The summed E-state index contributed by atoms with van der Waals surface area (Å²) in [6, 6.07) is 3.89. The number of aromatic nitrogens is 3. The van der Waals surface area contributed by atoms with Gasteiger partial charge in [-0.2, -0.15) is 4.98 Å². The number of aromatic amines is 1. The maximum Gasteiger partial charge on any atom is 0.215 e. The van der Waals surface area contributed by atoms with Gasteiger partial charge in [-0.05, 0) is 24.8 Å². The smallest absolute Gasteiger partial charge is 0.215 e. The third-order valence-electron chi connectivity index (χ3n) is 2.99. The molecule has 2 aromatic rings. The Morgan fingerprint density at radius 2 is 2.05 bits per heavy atom. The van der Waals surface area contributed by atoms with E-state index in [9.17, 15) is 0 Å². The van der Waals surface area contributed by atoms with Crippen molar-refractivity contribution in [3.63, 3.8) is 0 Å². The number of rotatable bonds is 5. The van der Waals surface area contributed by atoms with E-state index in [4.69, 9.17) is 10.5 Å². The molecule has 0 aliphatic rings. The average Bonchev–Trinajstić information content (AvgIpc) is 2.67. The van der Waals surface area contributed by atoms with Crippen LogP contribution in [0, 0.1) is 5.41 Å². The lowest BCUT2D eigenvalue weighted by Gasteiger charge is -2.22. The highest BCUT2D eigenvalue weighted by molar-refractivity contribution is 5.71. The molecule has 5 nitrogen and oxygen atoms in total. The number of pyridine rings is 1. The lowest BCUT2D eigenvalue weighted by atomic mass is 9.87. The van der Waals surface area contributed by atoms with Crippen LogP contribution in [0.4, 0.5) is 0 Å². The van der Waals surface area contributed by atoms with Gasteiger partial charge in [-0.3, -0.25) is 0 Å². The van der Waals surface area contributed by atoms with Gasteiger partial charge < -0.3 is 15.5 Å². The molecular formula is C15H24N4O. The lowest BCUT2D eigenvalue weighted by Crippen LogP contribution is -2.28. The predicted molar refractivity (Wildman–Crippen MR) is 80.8 cm³/mol. The maximum absolute atomic E-state index is 6.19. The zero-order chi connectivity index (χ0) is 14.8. The molecule has 5 heteroatoms. The molecule has 0 aliphatic carbocycles. The molecule has 0 radical (unpaired) electrons. The molecule has 0 amide bonds. The van der Waals surface area contributed by atoms with E-state index in [1.807, 2.05) is 19.1 Å². The van der Waals surface area contributed by atoms with Gasteiger partial charge in [0.2, 0.25) is 5.88 Å². The predicted octanol–water partition coefficient (Wildman–Crippen LogP) is 2.66. The second kappa shape index (κ2) is 5.79. The Hall–Kier alpha value is -1.62. The number of nitrogens with two attached hydrogens (primary N) is 1. The number of hydrogen-bond acceptors (Lipinski definition) is 4. The van der Waals surface area contributed by atoms with Gasteiger partial charge in [-0.1, -0.05) is 20.8 Å². The van der Waals surface area contributed by atoms with Gasteiger partial charge in [0.05, 0.1) is 12.1 Å². The van der Waals surface area contributed by atoms with Crippen molar-refractivity contribution < 1.29 is 4.74 Å². The first-order valence-electron chi connectivity index (χ1n) is 7.11. The number of nitrogens with zero attached hydrogens (tertiary/aromatic N) is 2. The normalized spacial score (nSPS) is 13.7. The van der Waals surface area contributed by atoms with E-state index in [0.717, 1.165) is 24.2 Å². The summed E-state index contributed by atoms with van der Waals surface area (Å²) in [5.74, 6) is 1.50. The second-order valence-corrected chi connectivity index (χ2v) is 6.37. The topological polar surface area (TPSA) is 76.8 Å². The van der Waals surface area contributed by atoms with E-state index >= 15 is 0 Å². The summed E-state index contributed by atoms with van der Waals surface area (Å²) in [6.45, 7) is 9.13. The van der Waals surface area contributed by atoms with Crippen LogP contribution in [0.15, 0.2) is 12.1 Å². The minimum absolute atomic E-state index is 0.0990. The Morgan fingerprint density at radius 3 is 2.70 bits per heavy atom. The molecule has 2 aromatic heterocycles. The zero-order valence-electron chi connectivity index (χ0n) is 12.7. The molecule has 1 atom stereocenters. The van der Waals surface area contributed by atoms with Crippen LogP contribution in [-0.2, 0) is 6.42 Å². The number of H-pyrrole nitrogens is 1. The summed E-state index contributed by atoms with van der Waals surface area (Å²) in [5.41, 5.74) is 8.03. The Morgan fingerprint density at radius 1 is 1.30 bits per heavy atom. The van der Waals surface area contributed by atoms with Crippen LogP contribution in [0.3, 0.4) is 0 Å². The van der Waals surface area contributed by atoms with Gasteiger partial charge in [-0.15, -0.1) is 0 Å². The molecule has 3 N–H and O–H groups in total. The number of imidazole rings is 1. The maximum atomic E-state index is 6.19. The molecule has 1 unspecified atom stereocenters. The molecule has 20 heavy (non-hydrogen) atoms. The van der Waals surface area contributed by atoms with E-state index in [1.165, 1.54) is 0 Å². The van der Waals surface area contributed by atoms with Gasteiger partial charge in [0, 0.05) is 18.5 Å². The standard InChI is InChI=1S/C15H24N4O/c1-5-20-13-7-6-11-14(19-13)18-12(17-11)8-10(16)9-15(2,3)4/h6-7,10H,5,8-9,16H2,1-4H3,(H,17,18,19). The Kier molecular flexibility index (Phi) is 4.28. The number of nitrogens with one attached hydrogen (secondary N) is 1. The van der Waals surface area contributed by atoms with Crippen molar-refractivity contribution in [2.45, 2.75) is 46.6 Å². The SMILES string of the molecule is CCOc1ccc2[nH]c(CC(N)CC(C)(C)C)nc2n1. The fourth-order valence-corrected chi connectivity index (χ4v) is 2.36. The summed E-state index contributed by atoms with van der Waals surface area (Å²) in [7, 11) is 0. The van der Waals surface area contributed by atoms with Crippen LogP contribution in [-0.4, -0.2) is 27.6 Å². The van der Waals surface area contributed by atoms with E-state index in [1.54, 1.807) is 0 Å². The first kappa shape index (κ1) is 14.8. The van der Waals surface area contributed by atoms with E-state index in [2.05, 4.69) is 35.7 Å². The monoisotopic (exact) mass is 276 g/mol. The largest absolute Gasteiger partial charge is 0.478 e. The molecule has 0 saturated heterocycles. The zero-order valence-corrected chi connectivity index (χ0v) is 12.7. The highest BCUT2D eigenvalue weighted by Gasteiger charge is 2.17. The Labute approximate surface area is 119 Å². The fraction of sp³-hybridized carbons (Fsp3) is 0.600. The van der Waals surface area contributed by atoms with Crippen LogP contribution in [0.2, 0.25) is 0 Å². The minimum atomic E-state index is 0.0990. The van der Waals surface area contributed by atoms with Gasteiger partial charge in [-0.25, -0.2) is 4.98 Å². The Balaban J connectivity index is 2.11. The number of fused-ring (bicyclic) bond motifs is 1. The molecule has 0 aromatic carbocycles. The van der Waals surface area contributed by atoms with Crippen LogP contribution in [0.5, 0.6) is 5.88 Å². The van der Waals surface area contributed by atoms with Crippen molar-refractivity contribution in [1.82, 2.24) is 15.0 Å². The van der Waals surface area contributed by atoms with Crippen molar-refractivity contribution >= 4 is 11.2 Å². The van der Waals surface area contributed by atoms with Crippen LogP contribution in [0.25, 0.3) is 11.2 Å². The lowest BCUT2D eigenvalue weighted by molar-refractivity contribution is 0.328. The van der Waals surface area contributed by atoms with E-state index in [0.29, 0.717) is 18.1 Å². The van der Waals surface area contributed by atoms with Crippen molar-refractivity contribution in [1.29, 1.82) is 0 Å². The van der Waals surface area contributed by atoms with Crippen molar-refractivity contribution in [2.24, 2.45) is 11.1 Å². The summed E-state index contributed by atoms with van der Waals surface area (Å²) < 4.78 is 5.38. The molecule has 2 rings (SSSR count).